The zero-order valence-corrected chi connectivity index (χ0v) is 11.6. The summed E-state index contributed by atoms with van der Waals surface area (Å²) in [5, 5.41) is 17.6. The maximum Gasteiger partial charge on any atom is 0.313 e. The minimum Gasteiger partial charge on any atom is -0.481 e. The van der Waals surface area contributed by atoms with E-state index in [1.807, 2.05) is 42.7 Å². The van der Waals surface area contributed by atoms with Crippen molar-refractivity contribution in [1.29, 1.82) is 0 Å². The second kappa shape index (κ2) is 5.88. The second-order valence-electron chi connectivity index (χ2n) is 4.11. The lowest BCUT2D eigenvalue weighted by Gasteiger charge is -2.09. The highest BCUT2D eigenvalue weighted by Gasteiger charge is 2.14. The van der Waals surface area contributed by atoms with Gasteiger partial charge in [0.2, 0.25) is 0 Å². The molecule has 0 spiro atoms. The Kier molecular flexibility index (Phi) is 4.21. The van der Waals surface area contributed by atoms with Crippen LogP contribution in [-0.2, 0) is 11.2 Å². The molecule has 100 valence electrons. The Balaban J connectivity index is 2.38. The number of aliphatic carboxylic acids is 1. The number of carboxylic acids is 1. The largest absolute Gasteiger partial charge is 0.481 e. The van der Waals surface area contributed by atoms with Gasteiger partial charge in [-0.25, -0.2) is 0 Å². The van der Waals surface area contributed by atoms with Crippen LogP contribution in [0.1, 0.15) is 18.3 Å². The molecule has 2 aromatic rings. The number of benzene rings is 1. The molecule has 2 rings (SSSR count). The zero-order valence-electron chi connectivity index (χ0n) is 10.8. The van der Waals surface area contributed by atoms with Gasteiger partial charge < -0.3 is 5.11 Å². The normalized spacial score (nSPS) is 10.6. The fourth-order valence-electron chi connectivity index (χ4n) is 1.70. The Morgan fingerprint density at radius 1 is 1.32 bits per heavy atom. The van der Waals surface area contributed by atoms with Gasteiger partial charge in [-0.05, 0) is 19.1 Å². The molecule has 1 heterocycles. The van der Waals surface area contributed by atoms with Crippen LogP contribution >= 0.6 is 11.8 Å². The fourth-order valence-corrected chi connectivity index (χ4v) is 2.39. The summed E-state index contributed by atoms with van der Waals surface area (Å²) in [5.74, 6) is -0.0495. The van der Waals surface area contributed by atoms with E-state index in [4.69, 9.17) is 5.11 Å². The number of carbonyl (C=O) groups is 1. The standard InChI is InChI=1S/C13H15N3O2S/c1-3-11-14-15-13(19-8-12(17)18)16(11)10-6-4-9(2)5-7-10/h4-7H,3,8H2,1-2H3,(H,17,18). The molecule has 0 aliphatic rings. The van der Waals surface area contributed by atoms with Crippen molar-refractivity contribution in [3.05, 3.63) is 35.7 Å². The summed E-state index contributed by atoms with van der Waals surface area (Å²) in [6, 6.07) is 8.01. The van der Waals surface area contributed by atoms with Crippen LogP contribution in [0.3, 0.4) is 0 Å². The van der Waals surface area contributed by atoms with Crippen LogP contribution in [-0.4, -0.2) is 31.6 Å². The van der Waals surface area contributed by atoms with Gasteiger partial charge in [0.25, 0.3) is 0 Å². The minimum atomic E-state index is -0.860. The lowest BCUT2D eigenvalue weighted by molar-refractivity contribution is -0.133. The quantitative estimate of drug-likeness (QED) is 0.849. The van der Waals surface area contributed by atoms with Crippen LogP contribution < -0.4 is 0 Å². The molecule has 0 aliphatic carbocycles. The Bertz CT molecular complexity index is 578. The number of hydrogen-bond acceptors (Lipinski definition) is 4. The number of thioether (sulfide) groups is 1. The summed E-state index contributed by atoms with van der Waals surface area (Å²) >= 11 is 1.18. The molecule has 0 saturated carbocycles. The molecule has 0 unspecified atom stereocenters. The summed E-state index contributed by atoms with van der Waals surface area (Å²) < 4.78 is 1.91. The molecule has 0 saturated heterocycles. The Morgan fingerprint density at radius 2 is 2.00 bits per heavy atom. The average molecular weight is 277 g/mol. The fraction of sp³-hybridized carbons (Fsp3) is 0.308. The molecule has 0 atom stereocenters. The van der Waals surface area contributed by atoms with Crippen molar-refractivity contribution in [2.75, 3.05) is 5.75 Å². The number of aromatic nitrogens is 3. The first-order chi connectivity index (χ1) is 9.11. The molecule has 0 bridgehead atoms. The summed E-state index contributed by atoms with van der Waals surface area (Å²) in [5.41, 5.74) is 2.13. The van der Waals surface area contributed by atoms with Crippen LogP contribution in [0.4, 0.5) is 0 Å². The summed E-state index contributed by atoms with van der Waals surface area (Å²) in [6.07, 6.45) is 0.745. The number of aryl methyl sites for hydroxylation is 2. The molecule has 5 nitrogen and oxygen atoms in total. The third-order valence-electron chi connectivity index (χ3n) is 2.63. The van der Waals surface area contributed by atoms with E-state index in [9.17, 15) is 4.79 Å². The Hall–Kier alpha value is -1.82. The highest BCUT2D eigenvalue weighted by atomic mass is 32.2. The monoisotopic (exact) mass is 277 g/mol. The van der Waals surface area contributed by atoms with Gasteiger partial charge >= 0.3 is 5.97 Å². The highest BCUT2D eigenvalue weighted by Crippen LogP contribution is 2.22. The summed E-state index contributed by atoms with van der Waals surface area (Å²) in [7, 11) is 0. The van der Waals surface area contributed by atoms with Crippen LogP contribution in [0.5, 0.6) is 0 Å². The van der Waals surface area contributed by atoms with Crippen molar-refractivity contribution in [3.8, 4) is 5.69 Å². The lowest BCUT2D eigenvalue weighted by Crippen LogP contribution is -2.04. The Morgan fingerprint density at radius 3 is 2.58 bits per heavy atom. The maximum atomic E-state index is 10.7. The van der Waals surface area contributed by atoms with E-state index in [1.54, 1.807) is 0 Å². The number of nitrogens with zero attached hydrogens (tertiary/aromatic N) is 3. The average Bonchev–Trinajstić information content (AvgIpc) is 2.80. The molecule has 19 heavy (non-hydrogen) atoms. The summed E-state index contributed by atoms with van der Waals surface area (Å²) in [4.78, 5) is 10.7. The van der Waals surface area contributed by atoms with Crippen LogP contribution in [0.2, 0.25) is 0 Å². The molecule has 0 amide bonds. The number of carboxylic acid groups (broad SMARTS) is 1. The molecule has 1 aromatic heterocycles. The second-order valence-corrected chi connectivity index (χ2v) is 5.05. The third-order valence-corrected chi connectivity index (χ3v) is 3.55. The third kappa shape index (κ3) is 3.14. The van der Waals surface area contributed by atoms with Crippen LogP contribution in [0.15, 0.2) is 29.4 Å². The van der Waals surface area contributed by atoms with Crippen molar-refractivity contribution in [1.82, 2.24) is 14.8 Å². The maximum absolute atomic E-state index is 10.7. The molecule has 1 aromatic carbocycles. The molecular weight excluding hydrogens is 262 g/mol. The molecular formula is C13H15N3O2S. The molecule has 0 fully saturated rings. The first kappa shape index (κ1) is 13.6. The van der Waals surface area contributed by atoms with E-state index >= 15 is 0 Å². The molecule has 1 N–H and O–H groups in total. The van der Waals surface area contributed by atoms with Gasteiger partial charge in [-0.3, -0.25) is 9.36 Å². The van der Waals surface area contributed by atoms with Crippen molar-refractivity contribution in [3.63, 3.8) is 0 Å². The first-order valence-electron chi connectivity index (χ1n) is 5.97. The van der Waals surface area contributed by atoms with Gasteiger partial charge in [0.1, 0.15) is 5.82 Å². The first-order valence-corrected chi connectivity index (χ1v) is 6.96. The van der Waals surface area contributed by atoms with E-state index in [0.717, 1.165) is 17.9 Å². The minimum absolute atomic E-state index is 0.0201. The van der Waals surface area contributed by atoms with Crippen molar-refractivity contribution < 1.29 is 9.90 Å². The van der Waals surface area contributed by atoms with Crippen molar-refractivity contribution in [2.45, 2.75) is 25.4 Å². The number of hydrogen-bond donors (Lipinski definition) is 1. The smallest absolute Gasteiger partial charge is 0.313 e. The van der Waals surface area contributed by atoms with Gasteiger partial charge in [0.05, 0.1) is 5.75 Å². The van der Waals surface area contributed by atoms with Crippen LogP contribution in [0.25, 0.3) is 5.69 Å². The molecule has 6 heteroatoms. The SMILES string of the molecule is CCc1nnc(SCC(=O)O)n1-c1ccc(C)cc1. The number of rotatable bonds is 5. The molecule has 0 radical (unpaired) electrons. The highest BCUT2D eigenvalue weighted by molar-refractivity contribution is 7.99. The summed E-state index contributed by atoms with van der Waals surface area (Å²) in [6.45, 7) is 4.02. The van der Waals surface area contributed by atoms with Gasteiger partial charge in [0.15, 0.2) is 5.16 Å². The predicted octanol–water partition coefficient (Wildman–Crippen LogP) is 2.31. The van der Waals surface area contributed by atoms with E-state index in [2.05, 4.69) is 10.2 Å². The van der Waals surface area contributed by atoms with Gasteiger partial charge in [0, 0.05) is 12.1 Å². The van der Waals surface area contributed by atoms with E-state index in [0.29, 0.717) is 5.16 Å². The van der Waals surface area contributed by atoms with Crippen molar-refractivity contribution >= 4 is 17.7 Å². The van der Waals surface area contributed by atoms with E-state index in [-0.39, 0.29) is 5.75 Å². The van der Waals surface area contributed by atoms with Crippen LogP contribution in [0, 0.1) is 6.92 Å². The van der Waals surface area contributed by atoms with Crippen molar-refractivity contribution in [2.24, 2.45) is 0 Å². The van der Waals surface area contributed by atoms with E-state index < -0.39 is 5.97 Å². The van der Waals surface area contributed by atoms with E-state index in [1.165, 1.54) is 17.3 Å². The molecule has 0 aliphatic heterocycles. The lowest BCUT2D eigenvalue weighted by atomic mass is 10.2. The van der Waals surface area contributed by atoms with Gasteiger partial charge in [-0.1, -0.05) is 36.4 Å². The Labute approximate surface area is 115 Å². The zero-order chi connectivity index (χ0) is 13.8. The topological polar surface area (TPSA) is 68.0 Å². The van der Waals surface area contributed by atoms with Gasteiger partial charge in [-0.15, -0.1) is 10.2 Å². The predicted molar refractivity (Wildman–Crippen MR) is 73.8 cm³/mol. The van der Waals surface area contributed by atoms with Gasteiger partial charge in [-0.2, -0.15) is 0 Å².